The molecule has 0 saturated heterocycles. The van der Waals surface area contributed by atoms with Gasteiger partial charge in [-0.05, 0) is 29.8 Å². The second-order valence-electron chi connectivity index (χ2n) is 4.63. The average molecular weight is 266 g/mol. The number of hydrogen-bond acceptors (Lipinski definition) is 3. The molecule has 2 aromatic rings. The van der Waals surface area contributed by atoms with Crippen molar-refractivity contribution in [3.8, 4) is 0 Å². The van der Waals surface area contributed by atoms with E-state index in [0.717, 1.165) is 16.8 Å². The van der Waals surface area contributed by atoms with Gasteiger partial charge in [-0.2, -0.15) is 0 Å². The molecule has 4 nitrogen and oxygen atoms in total. The van der Waals surface area contributed by atoms with E-state index in [1.807, 2.05) is 41.3 Å². The summed E-state index contributed by atoms with van der Waals surface area (Å²) in [6.07, 6.45) is 0. The van der Waals surface area contributed by atoms with E-state index < -0.39 is 0 Å². The first-order chi connectivity index (χ1) is 9.70. The number of carbonyl (C=O) groups excluding carboxylic acids is 1. The Hall–Kier alpha value is -2.62. The van der Waals surface area contributed by atoms with Gasteiger partial charge in [0.15, 0.2) is 0 Å². The maximum Gasteiger partial charge on any atom is 0.337 e. The van der Waals surface area contributed by atoms with Gasteiger partial charge >= 0.3 is 5.97 Å². The van der Waals surface area contributed by atoms with Crippen LogP contribution in [0, 0.1) is 5.41 Å². The number of benzene rings is 2. The minimum atomic E-state index is -0.351. The van der Waals surface area contributed by atoms with Gasteiger partial charge in [-0.3, -0.25) is 5.41 Å². The fourth-order valence-electron chi connectivity index (χ4n) is 2.40. The Bertz CT molecular complexity index is 677. The lowest BCUT2D eigenvalue weighted by Crippen LogP contribution is -2.23. The highest BCUT2D eigenvalue weighted by molar-refractivity contribution is 6.11. The molecule has 3 rings (SSSR count). The molecule has 20 heavy (non-hydrogen) atoms. The van der Waals surface area contributed by atoms with Gasteiger partial charge in [0.2, 0.25) is 0 Å². The molecule has 0 fully saturated rings. The number of nitrogens with zero attached hydrogens (tertiary/aromatic N) is 1. The zero-order chi connectivity index (χ0) is 14.1. The van der Waals surface area contributed by atoms with Gasteiger partial charge in [-0.25, -0.2) is 4.79 Å². The summed E-state index contributed by atoms with van der Waals surface area (Å²) in [5.74, 6) is 0.141. The quantitative estimate of drug-likeness (QED) is 0.850. The Kier molecular flexibility index (Phi) is 2.99. The van der Waals surface area contributed by atoms with Crippen molar-refractivity contribution in [3.63, 3.8) is 0 Å². The van der Waals surface area contributed by atoms with E-state index in [0.29, 0.717) is 17.9 Å². The predicted octanol–water partition coefficient (Wildman–Crippen LogP) is 2.82. The molecule has 1 N–H and O–H groups in total. The summed E-state index contributed by atoms with van der Waals surface area (Å²) in [5, 5.41) is 8.23. The molecule has 0 bridgehead atoms. The van der Waals surface area contributed by atoms with Gasteiger partial charge < -0.3 is 9.64 Å². The SMILES string of the molecule is COC(=O)c1ccc(N2Cc3ccccc3C2=N)cc1. The van der Waals surface area contributed by atoms with Crippen LogP contribution in [0.5, 0.6) is 0 Å². The van der Waals surface area contributed by atoms with Gasteiger partial charge in [0.1, 0.15) is 5.84 Å². The molecular formula is C16H14N2O2. The normalized spacial score (nSPS) is 13.2. The summed E-state index contributed by atoms with van der Waals surface area (Å²) >= 11 is 0. The number of ether oxygens (including phenoxy) is 1. The number of anilines is 1. The number of methoxy groups -OCH3 is 1. The van der Waals surface area contributed by atoms with Crippen LogP contribution in [0.25, 0.3) is 0 Å². The lowest BCUT2D eigenvalue weighted by atomic mass is 10.1. The van der Waals surface area contributed by atoms with E-state index >= 15 is 0 Å². The Morgan fingerprint density at radius 3 is 2.50 bits per heavy atom. The van der Waals surface area contributed by atoms with Crippen molar-refractivity contribution in [1.29, 1.82) is 5.41 Å². The average Bonchev–Trinajstić information content (AvgIpc) is 2.84. The molecule has 2 aromatic carbocycles. The molecule has 100 valence electrons. The smallest absolute Gasteiger partial charge is 0.337 e. The molecular weight excluding hydrogens is 252 g/mol. The lowest BCUT2D eigenvalue weighted by molar-refractivity contribution is 0.0601. The molecule has 4 heteroatoms. The highest BCUT2D eigenvalue weighted by Crippen LogP contribution is 2.28. The van der Waals surface area contributed by atoms with Crippen molar-refractivity contribution < 1.29 is 9.53 Å². The maximum atomic E-state index is 11.4. The van der Waals surface area contributed by atoms with Gasteiger partial charge in [-0.1, -0.05) is 24.3 Å². The summed E-state index contributed by atoms with van der Waals surface area (Å²) in [6, 6.07) is 15.0. The van der Waals surface area contributed by atoms with Gasteiger partial charge in [-0.15, -0.1) is 0 Å². The third-order valence-electron chi connectivity index (χ3n) is 3.47. The molecule has 0 aromatic heterocycles. The first kappa shape index (κ1) is 12.4. The second kappa shape index (κ2) is 4.81. The minimum Gasteiger partial charge on any atom is -0.465 e. The fourth-order valence-corrected chi connectivity index (χ4v) is 2.40. The highest BCUT2D eigenvalue weighted by Gasteiger charge is 2.24. The van der Waals surface area contributed by atoms with Crippen molar-refractivity contribution in [1.82, 2.24) is 0 Å². The number of nitrogens with one attached hydrogen (secondary N) is 1. The molecule has 0 saturated carbocycles. The molecule has 1 aliphatic rings. The van der Waals surface area contributed by atoms with Crippen LogP contribution in [0.3, 0.4) is 0 Å². The van der Waals surface area contributed by atoms with E-state index in [4.69, 9.17) is 5.41 Å². The van der Waals surface area contributed by atoms with Crippen molar-refractivity contribution in [3.05, 3.63) is 65.2 Å². The summed E-state index contributed by atoms with van der Waals surface area (Å²) < 4.78 is 4.68. The number of fused-ring (bicyclic) bond motifs is 1. The predicted molar refractivity (Wildman–Crippen MR) is 77.2 cm³/mol. The number of hydrogen-bond donors (Lipinski definition) is 1. The molecule has 0 aliphatic carbocycles. The third-order valence-corrected chi connectivity index (χ3v) is 3.47. The molecule has 1 aliphatic heterocycles. The molecule has 1 heterocycles. The summed E-state index contributed by atoms with van der Waals surface area (Å²) in [7, 11) is 1.36. The van der Waals surface area contributed by atoms with E-state index in [-0.39, 0.29) is 5.97 Å². The zero-order valence-corrected chi connectivity index (χ0v) is 11.1. The Morgan fingerprint density at radius 2 is 1.85 bits per heavy atom. The standard InChI is InChI=1S/C16H14N2O2/c1-20-16(19)11-6-8-13(9-7-11)18-10-12-4-2-3-5-14(12)15(18)17/h2-9,17H,10H2,1H3. The van der Waals surface area contributed by atoms with Crippen LogP contribution < -0.4 is 4.90 Å². The van der Waals surface area contributed by atoms with Crippen molar-refractivity contribution in [2.24, 2.45) is 0 Å². The number of amidine groups is 1. The fraction of sp³-hybridized carbons (Fsp3) is 0.125. The van der Waals surface area contributed by atoms with Gasteiger partial charge in [0, 0.05) is 11.3 Å². The number of carbonyl (C=O) groups is 1. The van der Waals surface area contributed by atoms with E-state index in [1.54, 1.807) is 12.1 Å². The van der Waals surface area contributed by atoms with Crippen LogP contribution >= 0.6 is 0 Å². The molecule has 0 radical (unpaired) electrons. The van der Waals surface area contributed by atoms with E-state index in [9.17, 15) is 4.79 Å². The Morgan fingerprint density at radius 1 is 1.15 bits per heavy atom. The minimum absolute atomic E-state index is 0.351. The van der Waals surface area contributed by atoms with Crippen LogP contribution in [0.15, 0.2) is 48.5 Å². The van der Waals surface area contributed by atoms with Crippen LogP contribution in [-0.4, -0.2) is 18.9 Å². The Labute approximate surface area is 117 Å². The molecule has 0 unspecified atom stereocenters. The first-order valence-electron chi connectivity index (χ1n) is 6.33. The zero-order valence-electron chi connectivity index (χ0n) is 11.1. The van der Waals surface area contributed by atoms with Crippen LogP contribution in [0.1, 0.15) is 21.5 Å². The molecule has 0 atom stereocenters. The topological polar surface area (TPSA) is 53.4 Å². The van der Waals surface area contributed by atoms with Gasteiger partial charge in [0.25, 0.3) is 0 Å². The molecule has 0 amide bonds. The summed E-state index contributed by atoms with van der Waals surface area (Å²) in [6.45, 7) is 0.687. The van der Waals surface area contributed by atoms with Crippen LogP contribution in [0.2, 0.25) is 0 Å². The largest absolute Gasteiger partial charge is 0.465 e. The third kappa shape index (κ3) is 1.95. The van der Waals surface area contributed by atoms with E-state index in [1.165, 1.54) is 7.11 Å². The summed E-state index contributed by atoms with van der Waals surface area (Å²) in [5.41, 5.74) is 3.53. The van der Waals surface area contributed by atoms with Gasteiger partial charge in [0.05, 0.1) is 19.2 Å². The lowest BCUT2D eigenvalue weighted by Gasteiger charge is -2.18. The van der Waals surface area contributed by atoms with Crippen molar-refractivity contribution in [2.75, 3.05) is 12.0 Å². The Balaban J connectivity index is 1.89. The van der Waals surface area contributed by atoms with Crippen LogP contribution in [-0.2, 0) is 11.3 Å². The first-order valence-corrected chi connectivity index (χ1v) is 6.33. The second-order valence-corrected chi connectivity index (χ2v) is 4.63. The van der Waals surface area contributed by atoms with Crippen LogP contribution in [0.4, 0.5) is 5.69 Å². The number of esters is 1. The monoisotopic (exact) mass is 266 g/mol. The maximum absolute atomic E-state index is 11.4. The van der Waals surface area contributed by atoms with Crippen molar-refractivity contribution >= 4 is 17.5 Å². The summed E-state index contributed by atoms with van der Waals surface area (Å²) in [4.78, 5) is 13.3. The van der Waals surface area contributed by atoms with Crippen molar-refractivity contribution in [2.45, 2.75) is 6.54 Å². The molecule has 0 spiro atoms. The van der Waals surface area contributed by atoms with E-state index in [2.05, 4.69) is 4.74 Å². The highest BCUT2D eigenvalue weighted by atomic mass is 16.5. The number of rotatable bonds is 2.